The molecule has 20 heavy (non-hydrogen) atoms. The van der Waals surface area contributed by atoms with Gasteiger partial charge in [0.15, 0.2) is 0 Å². The molecule has 1 fully saturated rings. The number of hydrogen-bond acceptors (Lipinski definition) is 3. The number of ether oxygens (including phenoxy) is 1. The van der Waals surface area contributed by atoms with E-state index in [0.717, 1.165) is 50.5 Å². The Balaban J connectivity index is 1.92. The van der Waals surface area contributed by atoms with Gasteiger partial charge in [-0.15, -0.1) is 0 Å². The van der Waals surface area contributed by atoms with E-state index < -0.39 is 0 Å². The fourth-order valence-electron chi connectivity index (χ4n) is 2.31. The molecule has 0 bridgehead atoms. The molecule has 0 unspecified atom stereocenters. The Morgan fingerprint density at radius 3 is 2.85 bits per heavy atom. The minimum absolute atomic E-state index is 0.102. The minimum Gasteiger partial charge on any atom is -0.494 e. The van der Waals surface area contributed by atoms with Gasteiger partial charge in [-0.25, -0.2) is 0 Å². The molecular formula is C16H24N2O2. The maximum Gasteiger partial charge on any atom is 0.254 e. The average molecular weight is 276 g/mol. The zero-order valence-corrected chi connectivity index (χ0v) is 12.2. The Hall–Kier alpha value is -1.55. The highest BCUT2D eigenvalue weighted by molar-refractivity contribution is 5.94. The van der Waals surface area contributed by atoms with E-state index in [4.69, 9.17) is 4.74 Å². The summed E-state index contributed by atoms with van der Waals surface area (Å²) in [4.78, 5) is 14.3. The smallest absolute Gasteiger partial charge is 0.254 e. The molecule has 1 heterocycles. The van der Waals surface area contributed by atoms with Crippen LogP contribution in [0.15, 0.2) is 24.3 Å². The molecule has 1 aliphatic rings. The van der Waals surface area contributed by atoms with Gasteiger partial charge in [-0.05, 0) is 24.6 Å². The van der Waals surface area contributed by atoms with E-state index in [2.05, 4.69) is 12.2 Å². The predicted molar refractivity (Wildman–Crippen MR) is 80.2 cm³/mol. The van der Waals surface area contributed by atoms with Gasteiger partial charge in [-0.3, -0.25) is 4.79 Å². The van der Waals surface area contributed by atoms with E-state index in [1.54, 1.807) is 0 Å². The number of nitrogens with one attached hydrogen (secondary N) is 1. The first-order valence-corrected chi connectivity index (χ1v) is 7.54. The summed E-state index contributed by atoms with van der Waals surface area (Å²) in [6, 6.07) is 7.53. The van der Waals surface area contributed by atoms with Gasteiger partial charge in [0.05, 0.1) is 6.61 Å². The lowest BCUT2D eigenvalue weighted by atomic mass is 10.1. The highest BCUT2D eigenvalue weighted by Crippen LogP contribution is 2.16. The van der Waals surface area contributed by atoms with Crippen LogP contribution in [-0.4, -0.2) is 43.6 Å². The van der Waals surface area contributed by atoms with Crippen LogP contribution in [0.25, 0.3) is 0 Å². The molecule has 0 radical (unpaired) electrons. The third kappa shape index (κ3) is 4.23. The third-order valence-electron chi connectivity index (χ3n) is 3.50. The fourth-order valence-corrected chi connectivity index (χ4v) is 2.31. The first kappa shape index (κ1) is 14.9. The molecule has 1 amide bonds. The maximum atomic E-state index is 12.4. The number of amides is 1. The van der Waals surface area contributed by atoms with E-state index in [9.17, 15) is 4.79 Å². The van der Waals surface area contributed by atoms with Gasteiger partial charge in [0.2, 0.25) is 0 Å². The van der Waals surface area contributed by atoms with Gasteiger partial charge in [-0.2, -0.15) is 0 Å². The van der Waals surface area contributed by atoms with Crippen molar-refractivity contribution in [2.24, 2.45) is 0 Å². The summed E-state index contributed by atoms with van der Waals surface area (Å²) in [6.45, 7) is 6.20. The first-order chi connectivity index (χ1) is 9.81. The Bertz CT molecular complexity index is 428. The lowest BCUT2D eigenvalue weighted by Crippen LogP contribution is -2.46. The largest absolute Gasteiger partial charge is 0.494 e. The molecule has 1 aromatic rings. The van der Waals surface area contributed by atoms with Gasteiger partial charge in [0, 0.05) is 31.7 Å². The van der Waals surface area contributed by atoms with Crippen molar-refractivity contribution in [3.63, 3.8) is 0 Å². The van der Waals surface area contributed by atoms with Gasteiger partial charge < -0.3 is 15.0 Å². The van der Waals surface area contributed by atoms with Gasteiger partial charge in [-0.1, -0.05) is 25.8 Å². The summed E-state index contributed by atoms with van der Waals surface area (Å²) in [7, 11) is 0. The van der Waals surface area contributed by atoms with Crippen LogP contribution in [0.2, 0.25) is 0 Å². The van der Waals surface area contributed by atoms with Crippen molar-refractivity contribution in [2.45, 2.75) is 26.2 Å². The van der Waals surface area contributed by atoms with Crippen LogP contribution < -0.4 is 10.1 Å². The number of carbonyl (C=O) groups is 1. The van der Waals surface area contributed by atoms with Crippen LogP contribution in [0.1, 0.15) is 36.5 Å². The predicted octanol–water partition coefficient (Wildman–Crippen LogP) is 2.30. The molecular weight excluding hydrogens is 252 g/mol. The van der Waals surface area contributed by atoms with Gasteiger partial charge in [0.1, 0.15) is 5.75 Å². The Morgan fingerprint density at radius 2 is 2.10 bits per heavy atom. The van der Waals surface area contributed by atoms with Crippen molar-refractivity contribution >= 4 is 5.91 Å². The molecule has 0 spiro atoms. The number of hydrogen-bond donors (Lipinski definition) is 1. The summed E-state index contributed by atoms with van der Waals surface area (Å²) >= 11 is 0. The summed E-state index contributed by atoms with van der Waals surface area (Å²) in [5.74, 6) is 0.896. The molecule has 4 nitrogen and oxygen atoms in total. The number of unbranched alkanes of at least 4 members (excludes halogenated alkanes) is 2. The van der Waals surface area contributed by atoms with E-state index in [1.165, 1.54) is 12.8 Å². The van der Waals surface area contributed by atoms with Crippen LogP contribution in [0.4, 0.5) is 0 Å². The zero-order chi connectivity index (χ0) is 14.2. The Labute approximate surface area is 121 Å². The molecule has 0 saturated carbocycles. The van der Waals surface area contributed by atoms with E-state index in [0.29, 0.717) is 0 Å². The summed E-state index contributed by atoms with van der Waals surface area (Å²) < 4.78 is 5.70. The fraction of sp³-hybridized carbons (Fsp3) is 0.562. The quantitative estimate of drug-likeness (QED) is 0.811. The van der Waals surface area contributed by atoms with Crippen molar-refractivity contribution in [3.05, 3.63) is 29.8 Å². The van der Waals surface area contributed by atoms with Crippen LogP contribution >= 0.6 is 0 Å². The molecule has 2 rings (SSSR count). The molecule has 0 atom stereocenters. The van der Waals surface area contributed by atoms with Crippen LogP contribution in [0, 0.1) is 0 Å². The molecule has 1 aliphatic heterocycles. The third-order valence-corrected chi connectivity index (χ3v) is 3.50. The minimum atomic E-state index is 0.102. The lowest BCUT2D eigenvalue weighted by Gasteiger charge is -2.27. The molecule has 1 N–H and O–H groups in total. The number of nitrogens with zero attached hydrogens (tertiary/aromatic N) is 1. The van der Waals surface area contributed by atoms with Crippen LogP contribution in [-0.2, 0) is 0 Å². The van der Waals surface area contributed by atoms with E-state index >= 15 is 0 Å². The normalized spacial score (nSPS) is 15.2. The molecule has 4 heteroatoms. The monoisotopic (exact) mass is 276 g/mol. The first-order valence-electron chi connectivity index (χ1n) is 7.54. The topological polar surface area (TPSA) is 41.6 Å². The van der Waals surface area contributed by atoms with Crippen LogP contribution in [0.5, 0.6) is 5.75 Å². The highest BCUT2D eigenvalue weighted by Gasteiger charge is 2.18. The number of piperazine rings is 1. The highest BCUT2D eigenvalue weighted by atomic mass is 16.5. The number of benzene rings is 1. The molecule has 1 saturated heterocycles. The zero-order valence-electron chi connectivity index (χ0n) is 12.2. The second-order valence-electron chi connectivity index (χ2n) is 5.13. The van der Waals surface area contributed by atoms with Gasteiger partial charge in [0.25, 0.3) is 5.91 Å². The summed E-state index contributed by atoms with van der Waals surface area (Å²) in [6.07, 6.45) is 3.43. The standard InChI is InChI=1S/C16H24N2O2/c1-2-3-4-12-20-15-7-5-6-14(13-15)16(19)18-10-8-17-9-11-18/h5-7,13,17H,2-4,8-12H2,1H3. The van der Waals surface area contributed by atoms with Crippen molar-refractivity contribution in [3.8, 4) is 5.75 Å². The SMILES string of the molecule is CCCCCOc1cccc(C(=O)N2CCNCC2)c1. The van der Waals surface area contributed by atoms with E-state index in [-0.39, 0.29) is 5.91 Å². The van der Waals surface area contributed by atoms with Gasteiger partial charge >= 0.3 is 0 Å². The maximum absolute atomic E-state index is 12.4. The van der Waals surface area contributed by atoms with Crippen molar-refractivity contribution in [1.29, 1.82) is 0 Å². The Kier molecular flexibility index (Phi) is 5.87. The van der Waals surface area contributed by atoms with Crippen molar-refractivity contribution in [1.82, 2.24) is 10.2 Å². The molecule has 1 aromatic carbocycles. The second kappa shape index (κ2) is 7.90. The van der Waals surface area contributed by atoms with Crippen molar-refractivity contribution in [2.75, 3.05) is 32.8 Å². The second-order valence-corrected chi connectivity index (χ2v) is 5.13. The molecule has 0 aromatic heterocycles. The average Bonchev–Trinajstić information content (AvgIpc) is 2.52. The summed E-state index contributed by atoms with van der Waals surface area (Å²) in [5.41, 5.74) is 0.722. The lowest BCUT2D eigenvalue weighted by molar-refractivity contribution is 0.0735. The molecule has 0 aliphatic carbocycles. The van der Waals surface area contributed by atoms with Crippen LogP contribution in [0.3, 0.4) is 0 Å². The Morgan fingerprint density at radius 1 is 1.30 bits per heavy atom. The molecule has 110 valence electrons. The number of rotatable bonds is 6. The van der Waals surface area contributed by atoms with Crippen molar-refractivity contribution < 1.29 is 9.53 Å². The summed E-state index contributed by atoms with van der Waals surface area (Å²) in [5, 5.41) is 3.25. The van der Waals surface area contributed by atoms with E-state index in [1.807, 2.05) is 29.2 Å². The number of carbonyl (C=O) groups excluding carboxylic acids is 1.